The van der Waals surface area contributed by atoms with Gasteiger partial charge in [-0.1, -0.05) is 0 Å². The zero-order valence-electron chi connectivity index (χ0n) is 12.3. The number of amides is 1. The maximum absolute atomic E-state index is 11.9. The van der Waals surface area contributed by atoms with Crippen LogP contribution in [0.3, 0.4) is 0 Å². The van der Waals surface area contributed by atoms with E-state index in [-0.39, 0.29) is 23.3 Å². The normalized spacial score (nSPS) is 12.8. The van der Waals surface area contributed by atoms with Crippen LogP contribution in [0.15, 0.2) is 23.1 Å². The van der Waals surface area contributed by atoms with Gasteiger partial charge in [0.1, 0.15) is 5.75 Å². The highest BCUT2D eigenvalue weighted by Gasteiger charge is 2.14. The highest BCUT2D eigenvalue weighted by atomic mass is 32.2. The van der Waals surface area contributed by atoms with E-state index < -0.39 is 10.0 Å². The van der Waals surface area contributed by atoms with E-state index in [1.54, 1.807) is 7.11 Å². The highest BCUT2D eigenvalue weighted by molar-refractivity contribution is 7.89. The monoisotopic (exact) mass is 316 g/mol. The van der Waals surface area contributed by atoms with Crippen LogP contribution in [0.25, 0.3) is 0 Å². The molecule has 0 fully saturated rings. The minimum Gasteiger partial charge on any atom is -0.496 e. The van der Waals surface area contributed by atoms with Crippen molar-refractivity contribution in [2.75, 3.05) is 20.8 Å². The predicted molar refractivity (Wildman–Crippen MR) is 77.6 cm³/mol. The molecule has 1 aromatic carbocycles. The number of carbonyl (C=O) groups is 1. The topological polar surface area (TPSA) is 108 Å². The van der Waals surface area contributed by atoms with Gasteiger partial charge < -0.3 is 14.8 Å². The van der Waals surface area contributed by atoms with E-state index in [1.807, 2.05) is 6.92 Å². The van der Waals surface area contributed by atoms with Crippen molar-refractivity contribution in [3.8, 4) is 5.75 Å². The van der Waals surface area contributed by atoms with E-state index in [2.05, 4.69) is 5.32 Å². The number of carbonyl (C=O) groups excluding carboxylic acids is 1. The van der Waals surface area contributed by atoms with E-state index in [4.69, 9.17) is 14.6 Å². The average Bonchev–Trinajstić information content (AvgIpc) is 2.43. The summed E-state index contributed by atoms with van der Waals surface area (Å²) in [7, 11) is -0.827. The summed E-state index contributed by atoms with van der Waals surface area (Å²) in [6.45, 7) is 2.19. The molecule has 0 saturated heterocycles. The molecule has 1 atom stereocenters. The lowest BCUT2D eigenvalue weighted by Gasteiger charge is -2.13. The highest BCUT2D eigenvalue weighted by Crippen LogP contribution is 2.22. The Morgan fingerprint density at radius 2 is 2.05 bits per heavy atom. The molecule has 0 aromatic heterocycles. The molecule has 0 heterocycles. The Bertz CT molecular complexity index is 601. The molecule has 0 spiro atoms. The summed E-state index contributed by atoms with van der Waals surface area (Å²) in [5, 5.41) is 7.77. The van der Waals surface area contributed by atoms with Crippen LogP contribution in [0, 0.1) is 0 Å². The summed E-state index contributed by atoms with van der Waals surface area (Å²) in [6.07, 6.45) is -0.116. The number of rotatable bonds is 7. The molecule has 0 radical (unpaired) electrons. The fourth-order valence-corrected chi connectivity index (χ4v) is 2.21. The van der Waals surface area contributed by atoms with Crippen molar-refractivity contribution in [3.63, 3.8) is 0 Å². The summed E-state index contributed by atoms with van der Waals surface area (Å²) < 4.78 is 32.8. The fourth-order valence-electron chi connectivity index (χ4n) is 1.65. The number of nitrogens with one attached hydrogen (secondary N) is 1. The van der Waals surface area contributed by atoms with Gasteiger partial charge in [0.25, 0.3) is 0 Å². The van der Waals surface area contributed by atoms with Crippen LogP contribution < -0.4 is 15.2 Å². The lowest BCUT2D eigenvalue weighted by atomic mass is 10.1. The number of benzene rings is 1. The quantitative estimate of drug-likeness (QED) is 0.738. The van der Waals surface area contributed by atoms with Gasteiger partial charge in [0, 0.05) is 19.2 Å². The molecule has 21 heavy (non-hydrogen) atoms. The first-order valence-electron chi connectivity index (χ1n) is 6.27. The number of nitrogens with two attached hydrogens (primary N) is 1. The maximum atomic E-state index is 11.9. The maximum Gasteiger partial charge on any atom is 0.238 e. The smallest absolute Gasteiger partial charge is 0.238 e. The molecule has 0 aliphatic carbocycles. The molecular formula is C13H20N2O5S. The summed E-state index contributed by atoms with van der Waals surface area (Å²) in [4.78, 5) is 11.8. The van der Waals surface area contributed by atoms with Gasteiger partial charge in [-0.3, -0.25) is 4.79 Å². The third-order valence-electron chi connectivity index (χ3n) is 2.92. The summed E-state index contributed by atoms with van der Waals surface area (Å²) in [5.74, 6) is 0.168. The Morgan fingerprint density at radius 3 is 2.57 bits per heavy atom. The van der Waals surface area contributed by atoms with Crippen LogP contribution in [0.2, 0.25) is 0 Å². The average molecular weight is 316 g/mol. The first-order valence-corrected chi connectivity index (χ1v) is 7.81. The van der Waals surface area contributed by atoms with Gasteiger partial charge in [0.15, 0.2) is 0 Å². The van der Waals surface area contributed by atoms with E-state index in [9.17, 15) is 13.2 Å². The van der Waals surface area contributed by atoms with Crippen molar-refractivity contribution in [2.24, 2.45) is 5.14 Å². The van der Waals surface area contributed by atoms with Crippen molar-refractivity contribution in [1.82, 2.24) is 5.32 Å². The zero-order chi connectivity index (χ0) is 16.0. The molecule has 8 heteroatoms. The van der Waals surface area contributed by atoms with Gasteiger partial charge in [-0.15, -0.1) is 0 Å². The molecule has 0 aliphatic heterocycles. The third-order valence-corrected chi connectivity index (χ3v) is 3.83. The number of hydrogen-bond donors (Lipinski definition) is 2. The molecule has 3 N–H and O–H groups in total. The van der Waals surface area contributed by atoms with Gasteiger partial charge >= 0.3 is 0 Å². The van der Waals surface area contributed by atoms with E-state index >= 15 is 0 Å². The summed E-state index contributed by atoms with van der Waals surface area (Å²) in [5.41, 5.74) is 0.451. The van der Waals surface area contributed by atoms with Crippen LogP contribution in [-0.2, 0) is 26.0 Å². The number of methoxy groups -OCH3 is 2. The number of hydrogen-bond acceptors (Lipinski definition) is 5. The van der Waals surface area contributed by atoms with Crippen molar-refractivity contribution < 1.29 is 22.7 Å². The molecule has 0 aliphatic rings. The van der Waals surface area contributed by atoms with Gasteiger partial charge in [-0.05, 0) is 25.1 Å². The van der Waals surface area contributed by atoms with E-state index in [1.165, 1.54) is 25.3 Å². The third kappa shape index (κ3) is 5.33. The molecular weight excluding hydrogens is 296 g/mol. The van der Waals surface area contributed by atoms with Crippen LogP contribution in [0.1, 0.15) is 12.5 Å². The molecule has 7 nitrogen and oxygen atoms in total. The first kappa shape index (κ1) is 17.4. The fraction of sp³-hybridized carbons (Fsp3) is 0.462. The Balaban J connectivity index is 2.88. The molecule has 0 saturated carbocycles. The summed E-state index contributed by atoms with van der Waals surface area (Å²) >= 11 is 0. The van der Waals surface area contributed by atoms with Crippen molar-refractivity contribution in [1.29, 1.82) is 0 Å². The molecule has 1 rings (SSSR count). The standard InChI is InChI=1S/C13H20N2O5S/c1-9(19-2)8-15-13(16)7-10-6-11(21(14,17)18)4-5-12(10)20-3/h4-6,9H,7-8H2,1-3H3,(H,15,16)(H2,14,17,18). The van der Waals surface area contributed by atoms with Crippen LogP contribution in [-0.4, -0.2) is 41.2 Å². The Hall–Kier alpha value is -1.64. The second-order valence-corrected chi connectivity index (χ2v) is 6.11. The van der Waals surface area contributed by atoms with Crippen LogP contribution >= 0.6 is 0 Å². The van der Waals surface area contributed by atoms with Crippen molar-refractivity contribution >= 4 is 15.9 Å². The molecule has 118 valence electrons. The first-order chi connectivity index (χ1) is 9.77. The SMILES string of the molecule is COc1ccc(S(N)(=O)=O)cc1CC(=O)NCC(C)OC. The Kier molecular flexibility index (Phi) is 6.13. The molecule has 1 amide bonds. The number of primary sulfonamides is 1. The van der Waals surface area contributed by atoms with E-state index in [0.29, 0.717) is 17.9 Å². The lowest BCUT2D eigenvalue weighted by Crippen LogP contribution is -2.32. The minimum atomic E-state index is -3.82. The van der Waals surface area contributed by atoms with Gasteiger partial charge in [0.05, 0.1) is 24.5 Å². The van der Waals surface area contributed by atoms with Gasteiger partial charge in [-0.2, -0.15) is 0 Å². The Morgan fingerprint density at radius 1 is 1.38 bits per heavy atom. The largest absolute Gasteiger partial charge is 0.496 e. The van der Waals surface area contributed by atoms with Gasteiger partial charge in [0.2, 0.25) is 15.9 Å². The molecule has 1 aromatic rings. The minimum absolute atomic E-state index is 0.0109. The number of sulfonamides is 1. The van der Waals surface area contributed by atoms with Crippen molar-refractivity contribution in [2.45, 2.75) is 24.3 Å². The predicted octanol–water partition coefficient (Wildman–Crippen LogP) is 0.0362. The summed E-state index contributed by atoms with van der Waals surface area (Å²) in [6, 6.07) is 4.15. The Labute approximate surface area is 124 Å². The van der Waals surface area contributed by atoms with Gasteiger partial charge in [-0.25, -0.2) is 13.6 Å². The second kappa shape index (κ2) is 7.39. The second-order valence-electron chi connectivity index (χ2n) is 4.55. The van der Waals surface area contributed by atoms with Crippen LogP contribution in [0.4, 0.5) is 0 Å². The molecule has 0 bridgehead atoms. The van der Waals surface area contributed by atoms with Crippen molar-refractivity contribution in [3.05, 3.63) is 23.8 Å². The zero-order valence-corrected chi connectivity index (χ0v) is 13.1. The number of ether oxygens (including phenoxy) is 2. The lowest BCUT2D eigenvalue weighted by molar-refractivity contribution is -0.120. The van der Waals surface area contributed by atoms with E-state index in [0.717, 1.165) is 0 Å². The van der Waals surface area contributed by atoms with Crippen LogP contribution in [0.5, 0.6) is 5.75 Å². The molecule has 1 unspecified atom stereocenters.